The molecule has 1 fully saturated rings. The van der Waals surface area contributed by atoms with Gasteiger partial charge in [0.2, 0.25) is 0 Å². The summed E-state index contributed by atoms with van der Waals surface area (Å²) in [6, 6.07) is 17.7. The van der Waals surface area contributed by atoms with Crippen molar-refractivity contribution >= 4 is 23.0 Å². The van der Waals surface area contributed by atoms with Crippen molar-refractivity contribution in [1.82, 2.24) is 9.88 Å². The summed E-state index contributed by atoms with van der Waals surface area (Å²) in [7, 11) is 0. The Bertz CT molecular complexity index is 981. The molecule has 2 heterocycles. The summed E-state index contributed by atoms with van der Waals surface area (Å²) in [6.07, 6.45) is 0.972. The van der Waals surface area contributed by atoms with Crippen molar-refractivity contribution in [2.24, 2.45) is 0 Å². The SMILES string of the molecule is CC(=O)c1ccccc1-c1nc(C(=O)N2CCC(c3ccccc3)C2)cs1. The van der Waals surface area contributed by atoms with Crippen LogP contribution in [-0.2, 0) is 0 Å². The van der Waals surface area contributed by atoms with E-state index in [2.05, 4.69) is 17.1 Å². The molecule has 0 aliphatic carbocycles. The second-order valence-electron chi connectivity index (χ2n) is 6.79. The molecule has 136 valence electrons. The van der Waals surface area contributed by atoms with E-state index in [1.54, 1.807) is 18.4 Å². The number of hydrogen-bond donors (Lipinski definition) is 0. The molecule has 1 amide bonds. The van der Waals surface area contributed by atoms with Gasteiger partial charge >= 0.3 is 0 Å². The Morgan fingerprint density at radius 3 is 2.59 bits per heavy atom. The van der Waals surface area contributed by atoms with Gasteiger partial charge in [-0.05, 0) is 18.9 Å². The van der Waals surface area contributed by atoms with Crippen LogP contribution in [-0.4, -0.2) is 34.7 Å². The van der Waals surface area contributed by atoms with Crippen LogP contribution in [0.15, 0.2) is 60.0 Å². The summed E-state index contributed by atoms with van der Waals surface area (Å²) in [5, 5.41) is 2.51. The van der Waals surface area contributed by atoms with Gasteiger partial charge in [-0.3, -0.25) is 9.59 Å². The van der Waals surface area contributed by atoms with Gasteiger partial charge in [0.25, 0.3) is 5.91 Å². The topological polar surface area (TPSA) is 50.3 Å². The summed E-state index contributed by atoms with van der Waals surface area (Å²) in [4.78, 5) is 31.2. The fourth-order valence-corrected chi connectivity index (χ4v) is 4.41. The number of thiazole rings is 1. The minimum Gasteiger partial charge on any atom is -0.337 e. The predicted molar refractivity (Wildman–Crippen MR) is 107 cm³/mol. The molecule has 4 rings (SSSR count). The Balaban J connectivity index is 1.53. The van der Waals surface area contributed by atoms with Crippen LogP contribution in [0.1, 0.15) is 45.7 Å². The van der Waals surface area contributed by atoms with Gasteiger partial charge < -0.3 is 4.90 Å². The molecule has 5 heteroatoms. The highest BCUT2D eigenvalue weighted by molar-refractivity contribution is 7.13. The molecule has 0 radical (unpaired) electrons. The first-order valence-electron chi connectivity index (χ1n) is 9.03. The lowest BCUT2D eigenvalue weighted by molar-refractivity contribution is 0.0785. The van der Waals surface area contributed by atoms with E-state index in [0.717, 1.165) is 25.1 Å². The molecule has 0 saturated carbocycles. The van der Waals surface area contributed by atoms with Crippen molar-refractivity contribution in [3.8, 4) is 10.6 Å². The van der Waals surface area contributed by atoms with Gasteiger partial charge in [-0.15, -0.1) is 11.3 Å². The van der Waals surface area contributed by atoms with Crippen LogP contribution >= 0.6 is 11.3 Å². The molecule has 2 aromatic carbocycles. The highest BCUT2D eigenvalue weighted by atomic mass is 32.1. The molecule has 27 heavy (non-hydrogen) atoms. The predicted octanol–water partition coefficient (Wildman–Crippen LogP) is 4.64. The summed E-state index contributed by atoms with van der Waals surface area (Å²) < 4.78 is 0. The van der Waals surface area contributed by atoms with Crippen LogP contribution in [0.5, 0.6) is 0 Å². The lowest BCUT2D eigenvalue weighted by Crippen LogP contribution is -2.28. The molecule has 0 N–H and O–H groups in total. The van der Waals surface area contributed by atoms with E-state index >= 15 is 0 Å². The molecule has 1 unspecified atom stereocenters. The quantitative estimate of drug-likeness (QED) is 0.623. The van der Waals surface area contributed by atoms with Gasteiger partial charge in [-0.25, -0.2) is 4.98 Å². The van der Waals surface area contributed by atoms with Crippen molar-refractivity contribution in [1.29, 1.82) is 0 Å². The van der Waals surface area contributed by atoms with Gasteiger partial charge in [0.1, 0.15) is 10.7 Å². The van der Waals surface area contributed by atoms with Crippen molar-refractivity contribution < 1.29 is 9.59 Å². The molecule has 4 nitrogen and oxygen atoms in total. The van der Waals surface area contributed by atoms with Crippen LogP contribution in [0, 0.1) is 0 Å². The monoisotopic (exact) mass is 376 g/mol. The number of carbonyl (C=O) groups is 2. The number of aromatic nitrogens is 1. The number of benzene rings is 2. The maximum atomic E-state index is 12.9. The molecular weight excluding hydrogens is 356 g/mol. The van der Waals surface area contributed by atoms with E-state index in [9.17, 15) is 9.59 Å². The fraction of sp³-hybridized carbons (Fsp3) is 0.227. The molecule has 1 aliphatic heterocycles. The minimum atomic E-state index is -0.0313. The van der Waals surface area contributed by atoms with Crippen molar-refractivity contribution in [2.75, 3.05) is 13.1 Å². The number of nitrogens with zero attached hydrogens (tertiary/aromatic N) is 2. The first kappa shape index (κ1) is 17.6. The summed E-state index contributed by atoms with van der Waals surface area (Å²) in [6.45, 7) is 3.02. The molecular formula is C22H20N2O2S. The molecule has 0 spiro atoms. The third-order valence-electron chi connectivity index (χ3n) is 5.01. The van der Waals surface area contributed by atoms with Gasteiger partial charge in [0, 0.05) is 35.5 Å². The number of rotatable bonds is 4. The zero-order chi connectivity index (χ0) is 18.8. The maximum Gasteiger partial charge on any atom is 0.273 e. The highest BCUT2D eigenvalue weighted by Gasteiger charge is 2.29. The molecule has 3 aromatic rings. The summed E-state index contributed by atoms with van der Waals surface area (Å²) in [5.41, 5.74) is 3.16. The zero-order valence-corrected chi connectivity index (χ0v) is 15.9. The Morgan fingerprint density at radius 2 is 1.81 bits per heavy atom. The summed E-state index contributed by atoms with van der Waals surface area (Å²) in [5.74, 6) is 0.349. The Hall–Kier alpha value is -2.79. The average Bonchev–Trinajstić information content (AvgIpc) is 3.38. The molecule has 1 atom stereocenters. The average molecular weight is 376 g/mol. The molecule has 1 aliphatic rings. The van der Waals surface area contributed by atoms with E-state index in [-0.39, 0.29) is 11.7 Å². The zero-order valence-electron chi connectivity index (χ0n) is 15.1. The number of carbonyl (C=O) groups excluding carboxylic acids is 2. The first-order chi connectivity index (χ1) is 13.1. The number of likely N-dealkylation sites (tertiary alicyclic amines) is 1. The molecule has 1 aromatic heterocycles. The maximum absolute atomic E-state index is 12.9. The Labute approximate surface area is 162 Å². The van der Waals surface area contributed by atoms with E-state index < -0.39 is 0 Å². The normalized spacial score (nSPS) is 16.5. The third kappa shape index (κ3) is 3.55. The van der Waals surface area contributed by atoms with Crippen molar-refractivity contribution in [2.45, 2.75) is 19.3 Å². The second kappa shape index (κ2) is 7.45. The summed E-state index contributed by atoms with van der Waals surface area (Å²) >= 11 is 1.41. The lowest BCUT2D eigenvalue weighted by Gasteiger charge is -2.15. The van der Waals surface area contributed by atoms with Gasteiger partial charge in [-0.1, -0.05) is 54.6 Å². The minimum absolute atomic E-state index is 0.000998. The van der Waals surface area contributed by atoms with Gasteiger partial charge in [-0.2, -0.15) is 0 Å². The number of ketones is 1. The van der Waals surface area contributed by atoms with Crippen LogP contribution in [0.3, 0.4) is 0 Å². The standard InChI is InChI=1S/C22H20N2O2S/c1-15(25)18-9-5-6-10-19(18)21-23-20(14-27-21)22(26)24-12-11-17(13-24)16-7-3-2-4-8-16/h2-10,14,17H,11-13H2,1H3. The fourth-order valence-electron chi connectivity index (χ4n) is 3.58. The first-order valence-corrected chi connectivity index (χ1v) is 9.91. The van der Waals surface area contributed by atoms with E-state index in [1.165, 1.54) is 16.9 Å². The van der Waals surface area contributed by atoms with Crippen molar-refractivity contribution in [3.05, 3.63) is 76.8 Å². The number of Topliss-reactive ketones (excluding diaryl/α,β-unsaturated/α-hetero) is 1. The van der Waals surface area contributed by atoms with Gasteiger partial charge in [0.15, 0.2) is 5.78 Å². The molecule has 1 saturated heterocycles. The number of hydrogen-bond acceptors (Lipinski definition) is 4. The van der Waals surface area contributed by atoms with E-state index in [4.69, 9.17) is 0 Å². The van der Waals surface area contributed by atoms with E-state index in [0.29, 0.717) is 22.2 Å². The second-order valence-corrected chi connectivity index (χ2v) is 7.65. The third-order valence-corrected chi connectivity index (χ3v) is 5.88. The lowest BCUT2D eigenvalue weighted by atomic mass is 9.99. The smallest absolute Gasteiger partial charge is 0.273 e. The van der Waals surface area contributed by atoms with Gasteiger partial charge in [0.05, 0.1) is 0 Å². The van der Waals surface area contributed by atoms with Crippen LogP contribution in [0.4, 0.5) is 0 Å². The van der Waals surface area contributed by atoms with Crippen molar-refractivity contribution in [3.63, 3.8) is 0 Å². The van der Waals surface area contributed by atoms with Crippen LogP contribution in [0.2, 0.25) is 0 Å². The van der Waals surface area contributed by atoms with Crippen LogP contribution in [0.25, 0.3) is 10.6 Å². The molecule has 0 bridgehead atoms. The number of amides is 1. The Kier molecular flexibility index (Phi) is 4.86. The highest BCUT2D eigenvalue weighted by Crippen LogP contribution is 2.30. The van der Waals surface area contributed by atoms with Crippen LogP contribution < -0.4 is 0 Å². The largest absolute Gasteiger partial charge is 0.337 e. The Morgan fingerprint density at radius 1 is 1.07 bits per heavy atom. The van der Waals surface area contributed by atoms with E-state index in [1.807, 2.05) is 41.3 Å².